The Hall–Kier alpha value is -3.87. The number of carbonyl (C=O) groups is 3. The fraction of sp³-hybridized carbons (Fsp3) is 0.321. The molecule has 0 unspecified atom stereocenters. The number of benzene rings is 2. The third-order valence-electron chi connectivity index (χ3n) is 7.26. The molecule has 1 spiro atoms. The van der Waals surface area contributed by atoms with Gasteiger partial charge < -0.3 is 14.6 Å². The Morgan fingerprint density at radius 3 is 2.54 bits per heavy atom. The van der Waals surface area contributed by atoms with E-state index in [1.54, 1.807) is 7.11 Å². The van der Waals surface area contributed by atoms with Gasteiger partial charge in [0.05, 0.1) is 13.7 Å². The molecule has 2 aliphatic rings. The fourth-order valence-electron chi connectivity index (χ4n) is 5.52. The van der Waals surface area contributed by atoms with Crippen LogP contribution in [-0.4, -0.2) is 40.8 Å². The third kappa shape index (κ3) is 3.71. The van der Waals surface area contributed by atoms with Crippen molar-refractivity contribution in [2.45, 2.75) is 45.1 Å². The first-order chi connectivity index (χ1) is 16.9. The van der Waals surface area contributed by atoms with Crippen LogP contribution in [0.5, 0.6) is 5.75 Å². The van der Waals surface area contributed by atoms with Crippen molar-refractivity contribution in [3.05, 3.63) is 82.7 Å². The molecule has 7 heteroatoms. The normalized spacial score (nSPS) is 19.5. The lowest BCUT2D eigenvalue weighted by atomic mass is 9.84. The minimum Gasteiger partial charge on any atom is -0.497 e. The van der Waals surface area contributed by atoms with Crippen LogP contribution < -0.4 is 10.1 Å². The van der Waals surface area contributed by atoms with E-state index >= 15 is 0 Å². The largest absolute Gasteiger partial charge is 0.497 e. The van der Waals surface area contributed by atoms with Gasteiger partial charge in [-0.25, -0.2) is 4.79 Å². The number of ketones is 1. The summed E-state index contributed by atoms with van der Waals surface area (Å²) in [5.41, 5.74) is 3.90. The molecule has 1 N–H and O–H groups in total. The second-order valence-electron chi connectivity index (χ2n) is 9.33. The zero-order valence-electron chi connectivity index (χ0n) is 20.3. The first-order valence-electron chi connectivity index (χ1n) is 11.9. The van der Waals surface area contributed by atoms with Crippen LogP contribution in [-0.2, 0) is 16.8 Å². The van der Waals surface area contributed by atoms with Crippen LogP contribution in [0.25, 0.3) is 5.69 Å². The van der Waals surface area contributed by atoms with Crippen LogP contribution in [0.15, 0.2) is 54.6 Å². The van der Waals surface area contributed by atoms with E-state index in [1.165, 1.54) is 0 Å². The summed E-state index contributed by atoms with van der Waals surface area (Å²) in [6.07, 6.45) is 3.19. The average molecular weight is 472 g/mol. The van der Waals surface area contributed by atoms with Crippen molar-refractivity contribution in [2.24, 2.45) is 0 Å². The number of urea groups is 1. The zero-order valence-corrected chi connectivity index (χ0v) is 20.3. The van der Waals surface area contributed by atoms with Gasteiger partial charge in [-0.05, 0) is 81.0 Å². The van der Waals surface area contributed by atoms with Gasteiger partial charge in [0.2, 0.25) is 0 Å². The van der Waals surface area contributed by atoms with E-state index in [1.807, 2.05) is 73.0 Å². The number of carbonyl (C=O) groups excluding carboxylic acids is 3. The van der Waals surface area contributed by atoms with Crippen LogP contribution >= 0.6 is 0 Å². The molecule has 0 saturated carbocycles. The molecule has 2 aromatic carbocycles. The van der Waals surface area contributed by atoms with Crippen LogP contribution in [0.4, 0.5) is 4.79 Å². The minimum absolute atomic E-state index is 0.264. The molecule has 0 radical (unpaired) electrons. The molecule has 0 bridgehead atoms. The lowest BCUT2D eigenvalue weighted by Gasteiger charge is -2.27. The van der Waals surface area contributed by atoms with E-state index in [4.69, 9.17) is 4.74 Å². The van der Waals surface area contributed by atoms with Gasteiger partial charge in [-0.2, -0.15) is 0 Å². The number of fused-ring (bicyclic) bond motifs is 2. The summed E-state index contributed by atoms with van der Waals surface area (Å²) in [6.45, 7) is 3.51. The van der Waals surface area contributed by atoms with E-state index in [0.29, 0.717) is 12.0 Å². The molecule has 3 aromatic rings. The molecule has 1 aliphatic carbocycles. The maximum Gasteiger partial charge on any atom is 0.325 e. The number of ether oxygens (including phenoxy) is 1. The van der Waals surface area contributed by atoms with Gasteiger partial charge in [-0.3, -0.25) is 14.5 Å². The number of aromatic nitrogens is 1. The summed E-state index contributed by atoms with van der Waals surface area (Å²) in [5, 5.41) is 2.96. The van der Waals surface area contributed by atoms with E-state index < -0.39 is 11.6 Å². The van der Waals surface area contributed by atoms with Crippen molar-refractivity contribution in [3.8, 4) is 11.4 Å². The highest BCUT2D eigenvalue weighted by Gasteiger charge is 2.53. The quantitative estimate of drug-likeness (QED) is 0.440. The Morgan fingerprint density at radius 1 is 1.06 bits per heavy atom. The summed E-state index contributed by atoms with van der Waals surface area (Å²) in [5.74, 6) is 0.148. The molecule has 2 heterocycles. The maximum atomic E-state index is 13.7. The number of nitrogens with zero attached hydrogens (tertiary/aromatic N) is 2. The highest BCUT2D eigenvalue weighted by molar-refractivity contribution is 6.11. The molecule has 35 heavy (non-hydrogen) atoms. The highest BCUT2D eigenvalue weighted by Crippen LogP contribution is 2.39. The Kier molecular flexibility index (Phi) is 5.71. The second-order valence-corrected chi connectivity index (χ2v) is 9.33. The molecule has 1 atom stereocenters. The Balaban J connectivity index is 1.43. The number of imide groups is 1. The predicted octanol–water partition coefficient (Wildman–Crippen LogP) is 4.46. The van der Waals surface area contributed by atoms with Crippen molar-refractivity contribution in [2.75, 3.05) is 13.7 Å². The maximum absolute atomic E-state index is 13.7. The number of Topliss-reactive ketones (excluding diaryl/α,β-unsaturated/α-hetero) is 1. The summed E-state index contributed by atoms with van der Waals surface area (Å²) >= 11 is 0. The molecular formula is C28H29N3O4. The molecule has 7 nitrogen and oxygen atoms in total. The Morgan fingerprint density at radius 2 is 1.80 bits per heavy atom. The van der Waals surface area contributed by atoms with Gasteiger partial charge in [-0.15, -0.1) is 0 Å². The van der Waals surface area contributed by atoms with Crippen molar-refractivity contribution in [3.63, 3.8) is 0 Å². The third-order valence-corrected chi connectivity index (χ3v) is 7.26. The van der Waals surface area contributed by atoms with Crippen molar-refractivity contribution in [1.82, 2.24) is 14.8 Å². The van der Waals surface area contributed by atoms with E-state index in [0.717, 1.165) is 58.1 Å². The van der Waals surface area contributed by atoms with Crippen LogP contribution in [0.3, 0.4) is 0 Å². The first-order valence-corrected chi connectivity index (χ1v) is 11.9. The lowest BCUT2D eigenvalue weighted by Crippen LogP contribution is -2.44. The van der Waals surface area contributed by atoms with Crippen LogP contribution in [0.2, 0.25) is 0 Å². The van der Waals surface area contributed by atoms with Crippen molar-refractivity contribution >= 4 is 17.7 Å². The molecule has 180 valence electrons. The van der Waals surface area contributed by atoms with Crippen molar-refractivity contribution < 1.29 is 19.1 Å². The van der Waals surface area contributed by atoms with E-state index in [-0.39, 0.29) is 18.2 Å². The molecule has 1 aromatic heterocycles. The number of nitrogens with one attached hydrogen (secondary N) is 1. The second kappa shape index (κ2) is 8.73. The van der Waals surface area contributed by atoms with Gasteiger partial charge in [0, 0.05) is 22.6 Å². The van der Waals surface area contributed by atoms with E-state index in [2.05, 4.69) is 5.32 Å². The number of methoxy groups -OCH3 is 1. The zero-order chi connectivity index (χ0) is 24.7. The predicted molar refractivity (Wildman–Crippen MR) is 132 cm³/mol. The molecular weight excluding hydrogens is 442 g/mol. The molecule has 3 amide bonds. The molecule has 1 fully saturated rings. The Labute approximate surface area is 204 Å². The molecule has 1 saturated heterocycles. The van der Waals surface area contributed by atoms with Gasteiger partial charge >= 0.3 is 6.03 Å². The fourth-order valence-corrected chi connectivity index (χ4v) is 5.52. The van der Waals surface area contributed by atoms with Gasteiger partial charge in [0.25, 0.3) is 5.91 Å². The van der Waals surface area contributed by atoms with E-state index in [9.17, 15) is 14.4 Å². The smallest absolute Gasteiger partial charge is 0.325 e. The average Bonchev–Trinajstić information content (AvgIpc) is 3.20. The lowest BCUT2D eigenvalue weighted by molar-refractivity contribution is -0.131. The number of rotatable bonds is 5. The van der Waals surface area contributed by atoms with Gasteiger partial charge in [0.1, 0.15) is 11.3 Å². The van der Waals surface area contributed by atoms with Crippen LogP contribution in [0, 0.1) is 13.8 Å². The molecule has 5 rings (SSSR count). The first kappa shape index (κ1) is 22.9. The summed E-state index contributed by atoms with van der Waals surface area (Å²) in [7, 11) is 1.62. The number of aryl methyl sites for hydroxylation is 2. The monoisotopic (exact) mass is 471 g/mol. The minimum atomic E-state index is -1.09. The number of hydrogen-bond donors (Lipinski definition) is 1. The van der Waals surface area contributed by atoms with Gasteiger partial charge in [0.15, 0.2) is 5.78 Å². The summed E-state index contributed by atoms with van der Waals surface area (Å²) in [4.78, 5) is 41.2. The summed E-state index contributed by atoms with van der Waals surface area (Å²) < 4.78 is 7.23. The number of hydrogen-bond acceptors (Lipinski definition) is 4. The molecule has 1 aliphatic heterocycles. The van der Waals surface area contributed by atoms with Gasteiger partial charge in [-0.1, -0.05) is 24.3 Å². The highest BCUT2D eigenvalue weighted by atomic mass is 16.5. The van der Waals surface area contributed by atoms with Crippen LogP contribution in [0.1, 0.15) is 52.1 Å². The topological polar surface area (TPSA) is 80.6 Å². The Bertz CT molecular complexity index is 1320. The summed E-state index contributed by atoms with van der Waals surface area (Å²) in [6, 6.07) is 16.7. The van der Waals surface area contributed by atoms with Crippen molar-refractivity contribution in [1.29, 1.82) is 0 Å². The number of amides is 3. The SMILES string of the molecule is COc1ccc(-n2c(C)cc(C(=O)CN3C(=O)N[C@@]4(CCCCc5ccccc54)C3=O)c2C)cc1. The standard InChI is InChI=1S/C28H29N3O4/c1-18-16-23(19(2)31(18)21-11-13-22(35-3)14-12-21)25(32)17-30-26(33)28(29-27(30)34)15-7-6-9-20-8-4-5-10-24(20)28/h4-5,8,10-14,16H,6-7,9,15,17H2,1-3H3,(H,29,34)/t28-/m1/s1.